The summed E-state index contributed by atoms with van der Waals surface area (Å²) in [6, 6.07) is 3.13. The van der Waals surface area contributed by atoms with Crippen molar-refractivity contribution in [1.29, 1.82) is 0 Å². The van der Waals surface area contributed by atoms with E-state index in [2.05, 4.69) is 10.2 Å². The molecule has 3 unspecified atom stereocenters. The lowest BCUT2D eigenvalue weighted by Crippen LogP contribution is -2.70. The van der Waals surface area contributed by atoms with E-state index < -0.39 is 47.1 Å². The van der Waals surface area contributed by atoms with E-state index in [1.807, 2.05) is 31.9 Å². The number of fused-ring (bicyclic) bond motifs is 9. The van der Waals surface area contributed by atoms with E-state index in [9.17, 15) is 24.9 Å². The van der Waals surface area contributed by atoms with E-state index in [0.29, 0.717) is 70.2 Å². The van der Waals surface area contributed by atoms with Crippen LogP contribution in [0.15, 0.2) is 18.2 Å². The molecule has 7 atom stereocenters. The maximum Gasteiger partial charge on any atom is 0.331 e. The van der Waals surface area contributed by atoms with Gasteiger partial charge in [-0.2, -0.15) is 0 Å². The Balaban J connectivity index is 1.32. The van der Waals surface area contributed by atoms with Gasteiger partial charge in [-0.05, 0) is 68.1 Å². The van der Waals surface area contributed by atoms with Gasteiger partial charge < -0.3 is 43.7 Å². The van der Waals surface area contributed by atoms with Crippen LogP contribution < -0.4 is 29.0 Å². The molecular formula is C39H43N3O11S. The molecular weight excluding hydrogens is 719 g/mol. The van der Waals surface area contributed by atoms with E-state index in [1.54, 1.807) is 12.1 Å². The molecule has 4 N–H and O–H groups in total. The minimum atomic E-state index is -1.36. The highest BCUT2D eigenvalue weighted by atomic mass is 32.2. The zero-order valence-electron chi connectivity index (χ0n) is 30.8. The van der Waals surface area contributed by atoms with E-state index in [1.165, 1.54) is 32.9 Å². The molecule has 0 aromatic heterocycles. The molecule has 2 saturated heterocycles. The number of aliphatic hydroxyl groups is 1. The van der Waals surface area contributed by atoms with Gasteiger partial charge in [0.15, 0.2) is 40.0 Å². The van der Waals surface area contributed by atoms with Crippen LogP contribution in [0.5, 0.6) is 40.2 Å². The fraction of sp³-hybridized carbons (Fsp3) is 0.487. The van der Waals surface area contributed by atoms with Crippen LogP contribution in [0.1, 0.15) is 68.8 Å². The minimum Gasteiger partial charge on any atom is -0.504 e. The molecule has 0 radical (unpaired) electrons. The van der Waals surface area contributed by atoms with Crippen molar-refractivity contribution in [2.45, 2.75) is 74.8 Å². The molecule has 15 heteroatoms. The molecule has 7 aliphatic heterocycles. The number of nitrogens with one attached hydrogen (secondary N) is 1. The predicted octanol–water partition coefficient (Wildman–Crippen LogP) is 3.41. The summed E-state index contributed by atoms with van der Waals surface area (Å²) in [5, 5.41) is 38.2. The number of aryl methyl sites for hydroxylation is 1. The normalized spacial score (nSPS) is 29.4. The largest absolute Gasteiger partial charge is 0.504 e. The molecule has 7 aliphatic rings. The number of likely N-dealkylation sites (N-methyl/N-ethyl adjacent to an activating group) is 1. The first kappa shape index (κ1) is 35.3. The topological polar surface area (TPSA) is 169 Å². The van der Waals surface area contributed by atoms with Crippen molar-refractivity contribution in [3.05, 3.63) is 62.7 Å². The van der Waals surface area contributed by atoms with Crippen molar-refractivity contribution in [2.75, 3.05) is 47.0 Å². The van der Waals surface area contributed by atoms with Crippen LogP contribution >= 0.6 is 11.8 Å². The maximum absolute atomic E-state index is 14.7. The monoisotopic (exact) mass is 761 g/mol. The zero-order valence-corrected chi connectivity index (χ0v) is 31.7. The number of ether oxygens (including phenoxy) is 6. The van der Waals surface area contributed by atoms with Crippen molar-refractivity contribution in [3.8, 4) is 40.2 Å². The van der Waals surface area contributed by atoms with E-state index in [0.717, 1.165) is 16.7 Å². The standard InChI is InChI=1S/C39H43N3O11S/c1-16-9-20-10-22-37(46)42-23-13-50-38(47)39(21-12-25(48-5)24(44)11-19(21)7-8-40-39)14-54-36(30(42)29(41(22)4)26(20)31(45)32(16)49-6)28-27(23)35-34(51-15-52-35)17(2)33(28)53-18(3)43/h9,11-12,22-23,29-30,36-37,40,44-46H,7-8,10,13-15H2,1-6H3/t22-,23-,29+,30?,36?,37?,39+/m0/s1. The number of carbonyl (C=O) groups excluding carboxylic acids is 2. The quantitative estimate of drug-likeness (QED) is 0.226. The third-order valence-electron chi connectivity index (χ3n) is 12.3. The minimum absolute atomic E-state index is 0.0226. The average molecular weight is 762 g/mol. The summed E-state index contributed by atoms with van der Waals surface area (Å²) in [5.41, 5.74) is 4.36. The second-order valence-corrected chi connectivity index (χ2v) is 16.1. The van der Waals surface area contributed by atoms with Crippen molar-refractivity contribution >= 4 is 23.7 Å². The van der Waals surface area contributed by atoms with Gasteiger partial charge in [-0.25, -0.2) is 4.79 Å². The van der Waals surface area contributed by atoms with Crippen molar-refractivity contribution in [2.24, 2.45) is 0 Å². The molecule has 4 bridgehead atoms. The van der Waals surface area contributed by atoms with Gasteiger partial charge in [0.25, 0.3) is 0 Å². The first-order chi connectivity index (χ1) is 25.9. The lowest BCUT2D eigenvalue weighted by molar-refractivity contribution is -0.186. The summed E-state index contributed by atoms with van der Waals surface area (Å²) in [5.74, 6) is 0.949. The number of aromatic hydroxyl groups is 2. The zero-order chi connectivity index (χ0) is 38.0. The van der Waals surface area contributed by atoms with Crippen LogP contribution in [-0.2, 0) is 32.7 Å². The highest BCUT2D eigenvalue weighted by Gasteiger charge is 2.61. The Morgan fingerprint density at radius 1 is 1.02 bits per heavy atom. The first-order valence-corrected chi connectivity index (χ1v) is 19.1. The predicted molar refractivity (Wildman–Crippen MR) is 195 cm³/mol. The molecule has 3 aromatic rings. The van der Waals surface area contributed by atoms with Gasteiger partial charge in [0, 0.05) is 47.5 Å². The Morgan fingerprint density at radius 2 is 1.80 bits per heavy atom. The van der Waals surface area contributed by atoms with Gasteiger partial charge >= 0.3 is 11.9 Å². The van der Waals surface area contributed by atoms with Gasteiger partial charge in [-0.1, -0.05) is 6.07 Å². The molecule has 2 fully saturated rings. The molecule has 54 heavy (non-hydrogen) atoms. The SMILES string of the molecule is COc1cc2c(cc1O)CCN[C@]21CSC2c3c(OC(C)=O)c(C)c4c(c3[C@H](COC1=O)N1C2[C@H]2c3c(cc(C)c(OC)c3O)C[C@@H](C1O)N2C)OCO4. The Kier molecular flexibility index (Phi) is 8.21. The Bertz CT molecular complexity index is 2130. The van der Waals surface area contributed by atoms with Crippen LogP contribution in [0.3, 0.4) is 0 Å². The lowest BCUT2D eigenvalue weighted by Gasteiger charge is -2.62. The number of phenols is 2. The summed E-state index contributed by atoms with van der Waals surface area (Å²) >= 11 is 1.47. The molecule has 10 rings (SSSR count). The number of rotatable bonds is 3. The number of piperazine rings is 1. The number of carbonyl (C=O) groups is 2. The highest BCUT2D eigenvalue weighted by molar-refractivity contribution is 7.99. The van der Waals surface area contributed by atoms with E-state index in [4.69, 9.17) is 28.4 Å². The Morgan fingerprint density at radius 3 is 2.54 bits per heavy atom. The molecule has 7 heterocycles. The summed E-state index contributed by atoms with van der Waals surface area (Å²) < 4.78 is 35.9. The number of hydrogen-bond acceptors (Lipinski definition) is 15. The third kappa shape index (κ3) is 4.74. The molecule has 0 saturated carbocycles. The maximum atomic E-state index is 14.7. The number of aliphatic hydroxyl groups excluding tert-OH is 1. The molecule has 1 spiro atoms. The number of esters is 2. The second-order valence-electron chi connectivity index (χ2n) is 14.9. The van der Waals surface area contributed by atoms with Gasteiger partial charge in [0.2, 0.25) is 6.79 Å². The number of methoxy groups -OCH3 is 2. The molecule has 286 valence electrons. The van der Waals surface area contributed by atoms with Gasteiger partial charge in [0.05, 0.1) is 37.6 Å². The molecule has 0 aliphatic carbocycles. The molecule has 14 nitrogen and oxygen atoms in total. The second kappa shape index (κ2) is 12.6. The number of nitrogens with zero attached hydrogens (tertiary/aromatic N) is 2. The van der Waals surface area contributed by atoms with Crippen LogP contribution in [0.2, 0.25) is 0 Å². The molecule has 0 amide bonds. The average Bonchev–Trinajstić information content (AvgIpc) is 3.63. The van der Waals surface area contributed by atoms with Crippen molar-refractivity contribution < 1.29 is 53.3 Å². The summed E-state index contributed by atoms with van der Waals surface area (Å²) in [7, 11) is 4.96. The number of thioether (sulfide) groups is 1. The third-order valence-corrected chi connectivity index (χ3v) is 13.7. The Hall–Kier alpha value is -4.41. The fourth-order valence-electron chi connectivity index (χ4n) is 10.00. The smallest absolute Gasteiger partial charge is 0.331 e. The number of hydrogen-bond donors (Lipinski definition) is 4. The van der Waals surface area contributed by atoms with Crippen LogP contribution in [0, 0.1) is 13.8 Å². The summed E-state index contributed by atoms with van der Waals surface area (Å²) in [6.45, 7) is 5.26. The van der Waals surface area contributed by atoms with Crippen molar-refractivity contribution in [3.63, 3.8) is 0 Å². The molecule has 3 aromatic carbocycles. The van der Waals surface area contributed by atoms with Crippen LogP contribution in [-0.4, -0.2) is 102 Å². The van der Waals surface area contributed by atoms with E-state index in [-0.39, 0.29) is 42.4 Å². The highest BCUT2D eigenvalue weighted by Crippen LogP contribution is 2.64. The van der Waals surface area contributed by atoms with Crippen LogP contribution in [0.25, 0.3) is 0 Å². The van der Waals surface area contributed by atoms with Crippen LogP contribution in [0.4, 0.5) is 0 Å². The fourth-order valence-corrected chi connectivity index (χ4v) is 11.7. The number of benzene rings is 3. The lowest BCUT2D eigenvalue weighted by atomic mass is 9.73. The van der Waals surface area contributed by atoms with Gasteiger partial charge in [-0.15, -0.1) is 11.8 Å². The van der Waals surface area contributed by atoms with Crippen molar-refractivity contribution in [1.82, 2.24) is 15.1 Å². The summed E-state index contributed by atoms with van der Waals surface area (Å²) in [4.78, 5) is 31.7. The van der Waals surface area contributed by atoms with Gasteiger partial charge in [-0.3, -0.25) is 19.9 Å². The van der Waals surface area contributed by atoms with Gasteiger partial charge in [0.1, 0.15) is 18.6 Å². The summed E-state index contributed by atoms with van der Waals surface area (Å²) in [6.07, 6.45) is -0.0282. The van der Waals surface area contributed by atoms with E-state index >= 15 is 0 Å². The Labute approximate surface area is 316 Å². The first-order valence-electron chi connectivity index (χ1n) is 18.1. The number of phenolic OH excluding ortho intramolecular Hbond substituents is 2.